The van der Waals surface area contributed by atoms with E-state index in [-0.39, 0.29) is 0 Å². The van der Waals surface area contributed by atoms with Crippen LogP contribution in [0.4, 0.5) is 0 Å². The molecule has 0 amide bonds. The van der Waals surface area contributed by atoms with Gasteiger partial charge >= 0.3 is 0 Å². The van der Waals surface area contributed by atoms with Crippen LogP contribution in [0.15, 0.2) is 151 Å². The molecule has 2 nitrogen and oxygen atoms in total. The predicted octanol–water partition coefficient (Wildman–Crippen LogP) is 14.6. The summed E-state index contributed by atoms with van der Waals surface area (Å²) < 4.78 is 0. The number of hydrogen-bond donors (Lipinski definition) is 1. The lowest BCUT2D eigenvalue weighted by Gasteiger charge is -2.16. The fourth-order valence-electron chi connectivity index (χ4n) is 6.04. The standard InChI is InChI=1S/C34H40.C7H9N.C7H8.C2H5N.C2H6.C2H2/c1-5-8-9-13-29(23-31-14-10-11-17-33(31)27-18-19-27)30-15-12-16-32(24-30)34-21-20-28(25(4)6-2)22-26(34)7-3;8-6-7-4-2-1-3-5-7;1-7-5-3-2-4-6-7;1-3-2;2*1-2/h8-17,20-22,24-25,27H,5-7,18-19,23H2,1-4H3;1-5H,6,8H2;2-6H,1H3;1H2,2H3;1-2H3;1-2H/b9-8-,29-13+;;;;;. The highest BCUT2D eigenvalue weighted by molar-refractivity contribution is 5.76. The average molecular weight is 747 g/mol. The summed E-state index contributed by atoms with van der Waals surface area (Å²) >= 11 is 0. The van der Waals surface area contributed by atoms with E-state index >= 15 is 0 Å². The van der Waals surface area contributed by atoms with Gasteiger partial charge in [0.2, 0.25) is 0 Å². The Balaban J connectivity index is 0.000000579. The van der Waals surface area contributed by atoms with Crippen molar-refractivity contribution in [1.29, 1.82) is 0 Å². The number of rotatable bonds is 11. The highest BCUT2D eigenvalue weighted by Crippen LogP contribution is 2.42. The van der Waals surface area contributed by atoms with Crippen molar-refractivity contribution in [2.24, 2.45) is 10.7 Å². The van der Waals surface area contributed by atoms with Crippen molar-refractivity contribution in [2.75, 3.05) is 7.05 Å². The summed E-state index contributed by atoms with van der Waals surface area (Å²) in [6, 6.07) is 45.6. The molecule has 0 saturated heterocycles. The van der Waals surface area contributed by atoms with Gasteiger partial charge in [-0.1, -0.05) is 187 Å². The molecular formula is C54H70N2. The van der Waals surface area contributed by atoms with Gasteiger partial charge in [-0.15, -0.1) is 12.8 Å². The lowest BCUT2D eigenvalue weighted by molar-refractivity contribution is 0.732. The molecule has 1 saturated carbocycles. The van der Waals surface area contributed by atoms with Gasteiger partial charge in [-0.3, -0.25) is 0 Å². The lowest BCUT2D eigenvalue weighted by Crippen LogP contribution is -1.98. The van der Waals surface area contributed by atoms with Gasteiger partial charge < -0.3 is 10.7 Å². The molecule has 5 aromatic carbocycles. The molecule has 1 unspecified atom stereocenters. The minimum atomic E-state index is 0.608. The molecule has 5 aromatic rings. The van der Waals surface area contributed by atoms with Crippen LogP contribution >= 0.6 is 0 Å². The van der Waals surface area contributed by atoms with Crippen molar-refractivity contribution in [3.8, 4) is 24.0 Å². The van der Waals surface area contributed by atoms with Crippen LogP contribution in [0, 0.1) is 19.8 Å². The maximum atomic E-state index is 5.35. The topological polar surface area (TPSA) is 38.4 Å². The van der Waals surface area contributed by atoms with E-state index in [0.29, 0.717) is 12.5 Å². The monoisotopic (exact) mass is 747 g/mol. The van der Waals surface area contributed by atoms with Gasteiger partial charge in [0.05, 0.1) is 0 Å². The summed E-state index contributed by atoms with van der Waals surface area (Å²) in [6.45, 7) is 18.9. The normalized spacial score (nSPS) is 11.9. The quantitative estimate of drug-likeness (QED) is 0.0816. The molecule has 2 heteroatoms. The van der Waals surface area contributed by atoms with Crippen LogP contribution in [0.1, 0.15) is 118 Å². The van der Waals surface area contributed by atoms with E-state index in [2.05, 4.69) is 156 Å². The number of terminal acetylenes is 1. The predicted molar refractivity (Wildman–Crippen MR) is 252 cm³/mol. The maximum absolute atomic E-state index is 5.35. The number of nitrogens with two attached hydrogens (primary N) is 1. The first-order chi connectivity index (χ1) is 27.4. The number of allylic oxidation sites excluding steroid dienone is 4. The Morgan fingerprint density at radius 1 is 0.804 bits per heavy atom. The third kappa shape index (κ3) is 17.9. The van der Waals surface area contributed by atoms with E-state index in [0.717, 1.165) is 25.2 Å². The molecule has 0 bridgehead atoms. The summed E-state index contributed by atoms with van der Waals surface area (Å²) in [5, 5.41) is 0. The second kappa shape index (κ2) is 30.0. The SMILES string of the molecule is C#C.C=NC.CC.CC/C=C\C=C(/Cc1ccccc1C1CC1)c1cccc(-c2ccc(C(C)CC)cc2CC)c1.Cc1ccccc1.NCc1ccccc1. The first kappa shape index (κ1) is 48.8. The number of aryl methyl sites for hydroxylation is 2. The van der Waals surface area contributed by atoms with Crippen molar-refractivity contribution in [2.45, 2.75) is 105 Å². The van der Waals surface area contributed by atoms with Gasteiger partial charge in [0.1, 0.15) is 0 Å². The zero-order valence-corrected chi connectivity index (χ0v) is 35.8. The van der Waals surface area contributed by atoms with Gasteiger partial charge in [-0.25, -0.2) is 0 Å². The van der Waals surface area contributed by atoms with Gasteiger partial charge in [0.25, 0.3) is 0 Å². The zero-order chi connectivity index (χ0) is 41.6. The third-order valence-electron chi connectivity index (χ3n) is 9.38. The Morgan fingerprint density at radius 3 is 1.93 bits per heavy atom. The lowest BCUT2D eigenvalue weighted by atomic mass is 9.88. The third-order valence-corrected chi connectivity index (χ3v) is 9.38. The van der Waals surface area contributed by atoms with Crippen molar-refractivity contribution < 1.29 is 0 Å². The van der Waals surface area contributed by atoms with Gasteiger partial charge in [-0.05, 0) is 120 Å². The van der Waals surface area contributed by atoms with Crippen LogP contribution in [0.3, 0.4) is 0 Å². The summed E-state index contributed by atoms with van der Waals surface area (Å²) in [5.74, 6) is 1.38. The van der Waals surface area contributed by atoms with Crippen molar-refractivity contribution >= 4 is 12.3 Å². The second-order valence-corrected chi connectivity index (χ2v) is 13.5. The Hall–Kier alpha value is -5.23. The molecule has 2 N–H and O–H groups in total. The molecule has 296 valence electrons. The van der Waals surface area contributed by atoms with Crippen LogP contribution in [-0.4, -0.2) is 13.8 Å². The number of hydrogen-bond acceptors (Lipinski definition) is 2. The average Bonchev–Trinajstić information content (AvgIpc) is 4.12. The van der Waals surface area contributed by atoms with Crippen molar-refractivity contribution in [3.63, 3.8) is 0 Å². The Kier molecular flexibility index (Phi) is 26.2. The van der Waals surface area contributed by atoms with E-state index in [4.69, 9.17) is 5.73 Å². The molecule has 6 rings (SSSR count). The molecular weight excluding hydrogens is 677 g/mol. The minimum Gasteiger partial charge on any atom is -0.326 e. The molecule has 0 heterocycles. The maximum Gasteiger partial charge on any atom is 0.0269 e. The highest BCUT2D eigenvalue weighted by Gasteiger charge is 2.25. The van der Waals surface area contributed by atoms with Crippen LogP contribution in [0.2, 0.25) is 0 Å². The molecule has 0 radical (unpaired) electrons. The Morgan fingerprint density at radius 2 is 1.41 bits per heavy atom. The van der Waals surface area contributed by atoms with E-state index < -0.39 is 0 Å². The first-order valence-electron chi connectivity index (χ1n) is 20.5. The van der Waals surface area contributed by atoms with Crippen molar-refractivity contribution in [1.82, 2.24) is 0 Å². The van der Waals surface area contributed by atoms with Crippen LogP contribution in [0.25, 0.3) is 16.7 Å². The summed E-state index contributed by atoms with van der Waals surface area (Å²) in [4.78, 5) is 3.25. The van der Waals surface area contributed by atoms with Crippen molar-refractivity contribution in [3.05, 3.63) is 185 Å². The smallest absolute Gasteiger partial charge is 0.0269 e. The van der Waals surface area contributed by atoms with Gasteiger partial charge in [0.15, 0.2) is 0 Å². The molecule has 1 aliphatic carbocycles. The van der Waals surface area contributed by atoms with Gasteiger partial charge in [0, 0.05) is 13.6 Å². The fraction of sp³-hybridized carbons (Fsp3) is 0.315. The molecule has 0 aromatic heterocycles. The van der Waals surface area contributed by atoms with Crippen LogP contribution < -0.4 is 5.73 Å². The molecule has 1 fully saturated rings. The first-order valence-corrected chi connectivity index (χ1v) is 20.5. The largest absolute Gasteiger partial charge is 0.326 e. The fourth-order valence-corrected chi connectivity index (χ4v) is 6.04. The Bertz CT molecular complexity index is 1840. The van der Waals surface area contributed by atoms with E-state index in [9.17, 15) is 0 Å². The van der Waals surface area contributed by atoms with E-state index in [1.54, 1.807) is 12.6 Å². The summed E-state index contributed by atoms with van der Waals surface area (Å²) in [7, 11) is 1.64. The summed E-state index contributed by atoms with van der Waals surface area (Å²) in [5.41, 5.74) is 19.2. The number of aliphatic imine (C=N–C) groups is 1. The molecule has 1 aliphatic rings. The molecule has 0 aliphatic heterocycles. The number of benzene rings is 5. The second-order valence-electron chi connectivity index (χ2n) is 13.5. The molecule has 0 spiro atoms. The van der Waals surface area contributed by atoms with E-state index in [1.165, 1.54) is 69.3 Å². The zero-order valence-electron chi connectivity index (χ0n) is 35.8. The minimum absolute atomic E-state index is 0.608. The Labute approximate surface area is 342 Å². The molecule has 56 heavy (non-hydrogen) atoms. The highest BCUT2D eigenvalue weighted by atomic mass is 14.6. The van der Waals surface area contributed by atoms with Gasteiger partial charge in [-0.2, -0.15) is 0 Å². The molecule has 1 atom stereocenters. The van der Waals surface area contributed by atoms with E-state index in [1.807, 2.05) is 62.4 Å². The van der Waals surface area contributed by atoms with Crippen LogP contribution in [-0.2, 0) is 19.4 Å². The van der Waals surface area contributed by atoms with Crippen LogP contribution in [0.5, 0.6) is 0 Å². The number of nitrogens with zero attached hydrogens (tertiary/aromatic N) is 1. The summed E-state index contributed by atoms with van der Waals surface area (Å²) in [6.07, 6.45) is 21.8.